The fourth-order valence-corrected chi connectivity index (χ4v) is 4.36. The van der Waals surface area contributed by atoms with Crippen LogP contribution in [0.5, 0.6) is 0 Å². The lowest BCUT2D eigenvalue weighted by Crippen LogP contribution is -2.49. The second-order valence-electron chi connectivity index (χ2n) is 8.57. The molecule has 0 aromatic heterocycles. The summed E-state index contributed by atoms with van der Waals surface area (Å²) < 4.78 is 0.943. The number of carbonyl (C=O) groups is 2. The Labute approximate surface area is 205 Å². The molecule has 0 aliphatic rings. The van der Waals surface area contributed by atoms with Gasteiger partial charge in [0, 0.05) is 29.4 Å². The highest BCUT2D eigenvalue weighted by Gasteiger charge is 2.29. The molecule has 4 nitrogen and oxygen atoms in total. The van der Waals surface area contributed by atoms with E-state index in [2.05, 4.69) is 45.5 Å². The lowest BCUT2D eigenvalue weighted by Gasteiger charge is -2.31. The van der Waals surface area contributed by atoms with Gasteiger partial charge in [-0.3, -0.25) is 9.59 Å². The van der Waals surface area contributed by atoms with E-state index in [-0.39, 0.29) is 30.2 Å². The number of hydrogen-bond acceptors (Lipinski definition) is 2. The molecule has 172 valence electrons. The predicted molar refractivity (Wildman–Crippen MR) is 137 cm³/mol. The van der Waals surface area contributed by atoms with Gasteiger partial charge in [-0.15, -0.1) is 0 Å². The minimum absolute atomic E-state index is 0.00385. The highest BCUT2D eigenvalue weighted by atomic mass is 79.9. The van der Waals surface area contributed by atoms with Crippen LogP contribution >= 0.6 is 15.9 Å². The molecular weight excluding hydrogens is 476 g/mol. The summed E-state index contributed by atoms with van der Waals surface area (Å²) in [5.41, 5.74) is 3.13. The number of amides is 2. The standard InChI is InChI=1S/C28H31BrN2O2/c1-20(2)30-28(33)21(3)31(19-22-11-10-16-25(29)17-22)27(32)18-26(23-12-6-4-7-13-23)24-14-8-5-9-15-24/h4-17,20-21,26H,18-19H2,1-3H3,(H,30,33). The molecule has 0 fully saturated rings. The largest absolute Gasteiger partial charge is 0.352 e. The first-order chi connectivity index (χ1) is 15.8. The van der Waals surface area contributed by atoms with Crippen molar-refractivity contribution in [3.05, 3.63) is 106 Å². The van der Waals surface area contributed by atoms with E-state index < -0.39 is 6.04 Å². The minimum atomic E-state index is -0.592. The summed E-state index contributed by atoms with van der Waals surface area (Å²) >= 11 is 3.51. The van der Waals surface area contributed by atoms with E-state index in [4.69, 9.17) is 0 Å². The Morgan fingerprint density at radius 1 is 0.848 bits per heavy atom. The summed E-state index contributed by atoms with van der Waals surface area (Å²) in [5.74, 6) is -0.298. The third-order valence-electron chi connectivity index (χ3n) is 5.62. The SMILES string of the molecule is CC(C)NC(=O)C(C)N(Cc1cccc(Br)c1)C(=O)CC(c1ccccc1)c1ccccc1. The number of nitrogens with zero attached hydrogens (tertiary/aromatic N) is 1. The van der Waals surface area contributed by atoms with E-state index in [0.29, 0.717) is 6.54 Å². The third kappa shape index (κ3) is 7.03. The summed E-state index contributed by atoms with van der Waals surface area (Å²) in [6, 6.07) is 27.4. The summed E-state index contributed by atoms with van der Waals surface area (Å²) in [6.07, 6.45) is 0.279. The van der Waals surface area contributed by atoms with Crippen molar-refractivity contribution in [1.82, 2.24) is 10.2 Å². The van der Waals surface area contributed by atoms with E-state index in [1.165, 1.54) is 0 Å². The summed E-state index contributed by atoms with van der Waals surface area (Å²) in [7, 11) is 0. The molecule has 3 rings (SSSR count). The quantitative estimate of drug-likeness (QED) is 0.391. The Morgan fingerprint density at radius 3 is 1.94 bits per heavy atom. The molecule has 3 aromatic rings. The van der Waals surface area contributed by atoms with Gasteiger partial charge in [-0.25, -0.2) is 0 Å². The second-order valence-corrected chi connectivity index (χ2v) is 9.48. The summed E-state index contributed by atoms with van der Waals surface area (Å²) in [4.78, 5) is 28.3. The Kier molecular flexibility index (Phi) is 8.84. The number of benzene rings is 3. The van der Waals surface area contributed by atoms with E-state index in [1.807, 2.05) is 74.5 Å². The molecule has 0 saturated carbocycles. The van der Waals surface area contributed by atoms with Crippen molar-refractivity contribution in [2.75, 3.05) is 0 Å². The van der Waals surface area contributed by atoms with Crippen LogP contribution in [-0.2, 0) is 16.1 Å². The van der Waals surface area contributed by atoms with Crippen molar-refractivity contribution in [2.24, 2.45) is 0 Å². The van der Waals surface area contributed by atoms with Crippen LogP contribution in [0.4, 0.5) is 0 Å². The minimum Gasteiger partial charge on any atom is -0.352 e. The van der Waals surface area contributed by atoms with E-state index in [0.717, 1.165) is 21.2 Å². The zero-order valence-electron chi connectivity index (χ0n) is 19.4. The van der Waals surface area contributed by atoms with Crippen LogP contribution < -0.4 is 5.32 Å². The topological polar surface area (TPSA) is 49.4 Å². The lowest BCUT2D eigenvalue weighted by molar-refractivity contribution is -0.141. The van der Waals surface area contributed by atoms with Gasteiger partial charge in [0.1, 0.15) is 6.04 Å². The first kappa shape index (κ1) is 24.7. The molecule has 5 heteroatoms. The predicted octanol–water partition coefficient (Wildman–Crippen LogP) is 5.91. The molecule has 1 N–H and O–H groups in total. The molecule has 0 aliphatic carbocycles. The molecule has 0 spiro atoms. The highest BCUT2D eigenvalue weighted by molar-refractivity contribution is 9.10. The maximum atomic E-state index is 13.8. The van der Waals surface area contributed by atoms with Gasteiger partial charge < -0.3 is 10.2 Å². The molecule has 2 amide bonds. The summed E-state index contributed by atoms with van der Waals surface area (Å²) in [6.45, 7) is 6.01. The van der Waals surface area contributed by atoms with Crippen LogP contribution in [0, 0.1) is 0 Å². The number of halogens is 1. The lowest BCUT2D eigenvalue weighted by atomic mass is 9.88. The first-order valence-electron chi connectivity index (χ1n) is 11.3. The molecule has 0 saturated heterocycles. The monoisotopic (exact) mass is 506 g/mol. The van der Waals surface area contributed by atoms with Gasteiger partial charge in [0.25, 0.3) is 0 Å². The van der Waals surface area contributed by atoms with Crippen molar-refractivity contribution in [3.63, 3.8) is 0 Å². The molecule has 1 unspecified atom stereocenters. The van der Waals surface area contributed by atoms with Crippen LogP contribution in [0.3, 0.4) is 0 Å². The molecule has 1 atom stereocenters. The van der Waals surface area contributed by atoms with Crippen LogP contribution in [0.2, 0.25) is 0 Å². The van der Waals surface area contributed by atoms with Crippen molar-refractivity contribution >= 4 is 27.7 Å². The average molecular weight is 507 g/mol. The number of rotatable bonds is 9. The van der Waals surface area contributed by atoms with Crippen molar-refractivity contribution in [3.8, 4) is 0 Å². The highest BCUT2D eigenvalue weighted by Crippen LogP contribution is 2.29. The van der Waals surface area contributed by atoms with Gasteiger partial charge in [0.15, 0.2) is 0 Å². The summed E-state index contributed by atoms with van der Waals surface area (Å²) in [5, 5.41) is 2.95. The molecule has 0 radical (unpaired) electrons. The number of carbonyl (C=O) groups excluding carboxylic acids is 2. The van der Waals surface area contributed by atoms with Crippen LogP contribution in [0.1, 0.15) is 49.8 Å². The van der Waals surface area contributed by atoms with Crippen LogP contribution in [-0.4, -0.2) is 28.8 Å². The normalized spacial score (nSPS) is 11.9. The smallest absolute Gasteiger partial charge is 0.242 e. The maximum Gasteiger partial charge on any atom is 0.242 e. The van der Waals surface area contributed by atoms with Crippen LogP contribution in [0.15, 0.2) is 89.4 Å². The second kappa shape index (κ2) is 11.8. The zero-order chi connectivity index (χ0) is 23.8. The van der Waals surface area contributed by atoms with E-state index >= 15 is 0 Å². The molecule has 0 bridgehead atoms. The van der Waals surface area contributed by atoms with E-state index in [1.54, 1.807) is 11.8 Å². The molecule has 0 heterocycles. The zero-order valence-corrected chi connectivity index (χ0v) is 21.0. The van der Waals surface area contributed by atoms with Gasteiger partial charge in [-0.2, -0.15) is 0 Å². The van der Waals surface area contributed by atoms with Crippen LogP contribution in [0.25, 0.3) is 0 Å². The molecule has 33 heavy (non-hydrogen) atoms. The van der Waals surface area contributed by atoms with Gasteiger partial charge in [0.2, 0.25) is 11.8 Å². The van der Waals surface area contributed by atoms with E-state index in [9.17, 15) is 9.59 Å². The van der Waals surface area contributed by atoms with Gasteiger partial charge in [-0.05, 0) is 49.6 Å². The van der Waals surface area contributed by atoms with Crippen molar-refractivity contribution in [2.45, 2.75) is 51.7 Å². The first-order valence-corrected chi connectivity index (χ1v) is 12.1. The Morgan fingerprint density at radius 2 is 1.42 bits per heavy atom. The number of hydrogen-bond donors (Lipinski definition) is 1. The molecular formula is C28H31BrN2O2. The Hall–Kier alpha value is -2.92. The molecule has 0 aliphatic heterocycles. The van der Waals surface area contributed by atoms with Gasteiger partial charge >= 0.3 is 0 Å². The van der Waals surface area contributed by atoms with Crippen molar-refractivity contribution < 1.29 is 9.59 Å². The average Bonchev–Trinajstić information content (AvgIpc) is 2.81. The Balaban J connectivity index is 1.92. The maximum absolute atomic E-state index is 13.8. The van der Waals surface area contributed by atoms with Crippen molar-refractivity contribution in [1.29, 1.82) is 0 Å². The van der Waals surface area contributed by atoms with Gasteiger partial charge in [0.05, 0.1) is 0 Å². The molecule has 3 aromatic carbocycles. The fraction of sp³-hybridized carbons (Fsp3) is 0.286. The Bertz CT molecular complexity index is 1010. The fourth-order valence-electron chi connectivity index (χ4n) is 3.91. The number of nitrogens with one attached hydrogen (secondary N) is 1. The third-order valence-corrected chi connectivity index (χ3v) is 6.12. The van der Waals surface area contributed by atoms with Gasteiger partial charge in [-0.1, -0.05) is 88.7 Å².